The molecule has 8 heteroatoms. The van der Waals surface area contributed by atoms with E-state index < -0.39 is 17.5 Å². The number of benzene rings is 3. The van der Waals surface area contributed by atoms with Crippen molar-refractivity contribution < 1.29 is 24.5 Å². The minimum absolute atomic E-state index is 0.276. The van der Waals surface area contributed by atoms with Crippen molar-refractivity contribution in [1.29, 1.82) is 0 Å². The van der Waals surface area contributed by atoms with Crippen LogP contribution in [-0.2, 0) is 34.5 Å². The minimum Gasteiger partial charge on any atom is -0.496 e. The van der Waals surface area contributed by atoms with E-state index in [1.165, 1.54) is 5.56 Å². The van der Waals surface area contributed by atoms with Crippen molar-refractivity contribution in [1.82, 2.24) is 15.0 Å². The molecule has 0 spiro atoms. The molecule has 3 aromatic carbocycles. The first-order valence-electron chi connectivity index (χ1n) is 14.8. The van der Waals surface area contributed by atoms with Crippen LogP contribution in [0.25, 0.3) is 11.0 Å². The zero-order chi connectivity index (χ0) is 30.1. The third-order valence-corrected chi connectivity index (χ3v) is 8.24. The quantitative estimate of drug-likeness (QED) is 0.146. The Labute approximate surface area is 248 Å². The number of aromatic nitrogens is 3. The number of fused-ring (bicyclic) bond motifs is 1. The number of hydrogen-bond donors (Lipinski definition) is 2. The molecule has 0 aliphatic heterocycles. The Morgan fingerprint density at radius 2 is 1.79 bits per heavy atom. The second-order valence-electron chi connectivity index (χ2n) is 11.0. The van der Waals surface area contributed by atoms with Crippen LogP contribution in [0, 0.1) is 6.92 Å². The number of hydrogen-bond acceptors (Lipinski definition) is 6. The van der Waals surface area contributed by atoms with Gasteiger partial charge in [-0.1, -0.05) is 67.4 Å². The van der Waals surface area contributed by atoms with Gasteiger partial charge in [-0.25, -0.2) is 4.68 Å². The smallest absolute Gasteiger partial charge is 0.314 e. The third-order valence-electron chi connectivity index (χ3n) is 8.24. The molecule has 2 atom stereocenters. The maximum atomic E-state index is 12.9. The molecule has 2 N–H and O–H groups in total. The summed E-state index contributed by atoms with van der Waals surface area (Å²) >= 11 is 0. The van der Waals surface area contributed by atoms with Gasteiger partial charge in [-0.3, -0.25) is 4.79 Å². The summed E-state index contributed by atoms with van der Waals surface area (Å²) in [6.45, 7) is 7.68. The number of methoxy groups -OCH3 is 1. The van der Waals surface area contributed by atoms with Crippen molar-refractivity contribution in [3.05, 3.63) is 88.5 Å². The first-order valence-corrected chi connectivity index (χ1v) is 14.8. The average molecular weight is 574 g/mol. The monoisotopic (exact) mass is 573 g/mol. The lowest BCUT2D eigenvalue weighted by atomic mass is 9.71. The molecule has 42 heavy (non-hydrogen) atoms. The van der Waals surface area contributed by atoms with Crippen molar-refractivity contribution in [3.63, 3.8) is 0 Å². The lowest BCUT2D eigenvalue weighted by Crippen LogP contribution is -2.38. The van der Waals surface area contributed by atoms with Crippen LogP contribution >= 0.6 is 0 Å². The van der Waals surface area contributed by atoms with Crippen LogP contribution in [0.1, 0.15) is 79.9 Å². The number of carbonyl (C=O) groups is 1. The molecule has 0 aliphatic carbocycles. The van der Waals surface area contributed by atoms with Gasteiger partial charge in [0.25, 0.3) is 0 Å². The standard InChI is InChI=1S/C34H43N3O5/c1-5-34(33(39)40,22-27-15-18-31(41-4)28(21-27)25(3)38)29-16-17-30-32(24(29)2)35-36-37(30)19-11-6-7-12-20-42-23-26-13-9-8-10-14-26/h8-10,13-18,21,25,38H,5-7,11-12,19-20,22-23H2,1-4H3,(H,39,40). The van der Waals surface area contributed by atoms with Gasteiger partial charge in [0.1, 0.15) is 11.3 Å². The molecule has 0 saturated heterocycles. The highest BCUT2D eigenvalue weighted by Gasteiger charge is 2.41. The van der Waals surface area contributed by atoms with Gasteiger partial charge in [0, 0.05) is 18.7 Å². The molecular formula is C34H43N3O5. The van der Waals surface area contributed by atoms with Gasteiger partial charge >= 0.3 is 5.97 Å². The van der Waals surface area contributed by atoms with Gasteiger partial charge in [0.2, 0.25) is 0 Å². The Morgan fingerprint density at radius 1 is 1.02 bits per heavy atom. The molecule has 4 aromatic rings. The molecule has 4 rings (SSSR count). The van der Waals surface area contributed by atoms with Gasteiger partial charge in [-0.15, -0.1) is 5.10 Å². The van der Waals surface area contributed by atoms with E-state index in [2.05, 4.69) is 22.4 Å². The van der Waals surface area contributed by atoms with Gasteiger partial charge in [0.05, 0.1) is 30.8 Å². The van der Waals surface area contributed by atoms with Gasteiger partial charge in [-0.05, 0) is 80.0 Å². The molecule has 8 nitrogen and oxygen atoms in total. The second-order valence-corrected chi connectivity index (χ2v) is 11.0. The van der Waals surface area contributed by atoms with Gasteiger partial charge in [-0.2, -0.15) is 0 Å². The largest absolute Gasteiger partial charge is 0.496 e. The van der Waals surface area contributed by atoms with Gasteiger partial charge in [0.15, 0.2) is 0 Å². The number of aliphatic carboxylic acids is 1. The summed E-state index contributed by atoms with van der Waals surface area (Å²) in [4.78, 5) is 12.9. The fraction of sp³-hybridized carbons (Fsp3) is 0.441. The topological polar surface area (TPSA) is 107 Å². The van der Waals surface area contributed by atoms with E-state index in [0.29, 0.717) is 24.3 Å². The lowest BCUT2D eigenvalue weighted by Gasteiger charge is -2.31. The molecule has 0 aliphatic rings. The average Bonchev–Trinajstić information content (AvgIpc) is 3.41. The maximum Gasteiger partial charge on any atom is 0.314 e. The van der Waals surface area contributed by atoms with Crippen LogP contribution in [-0.4, -0.2) is 44.9 Å². The Hall–Kier alpha value is -3.75. The van der Waals surface area contributed by atoms with E-state index in [0.717, 1.165) is 66.6 Å². The van der Waals surface area contributed by atoms with E-state index in [4.69, 9.17) is 9.47 Å². The van der Waals surface area contributed by atoms with Gasteiger partial charge < -0.3 is 19.7 Å². The SMILES string of the molecule is CCC(Cc1ccc(OC)c(C(C)O)c1)(C(=O)O)c1ccc2c(nnn2CCCCCCOCc2ccccc2)c1C. The van der Waals surface area contributed by atoms with Crippen molar-refractivity contribution in [2.45, 2.75) is 84.0 Å². The summed E-state index contributed by atoms with van der Waals surface area (Å²) in [6, 6.07) is 19.6. The highest BCUT2D eigenvalue weighted by Crippen LogP contribution is 2.38. The third kappa shape index (κ3) is 6.99. The first kappa shape index (κ1) is 31.2. The molecule has 224 valence electrons. The number of aliphatic hydroxyl groups is 1. The number of unbranched alkanes of at least 4 members (excludes halogenated alkanes) is 3. The molecule has 1 aromatic heterocycles. The van der Waals surface area contributed by atoms with Crippen LogP contribution in [0.3, 0.4) is 0 Å². The summed E-state index contributed by atoms with van der Waals surface area (Å²) in [5.41, 5.74) is 4.73. The summed E-state index contributed by atoms with van der Waals surface area (Å²) in [5.74, 6) is -0.307. The number of nitrogens with zero attached hydrogens (tertiary/aromatic N) is 3. The summed E-state index contributed by atoms with van der Waals surface area (Å²) in [6.07, 6.45) is 4.10. The van der Waals surface area contributed by atoms with Crippen LogP contribution in [0.4, 0.5) is 0 Å². The fourth-order valence-electron chi connectivity index (χ4n) is 5.76. The van der Waals surface area contributed by atoms with Crippen molar-refractivity contribution >= 4 is 17.0 Å². The van der Waals surface area contributed by atoms with E-state index in [1.807, 2.05) is 61.0 Å². The van der Waals surface area contributed by atoms with Crippen LogP contribution < -0.4 is 4.74 Å². The highest BCUT2D eigenvalue weighted by atomic mass is 16.5. The fourth-order valence-corrected chi connectivity index (χ4v) is 5.76. The van der Waals surface area contributed by atoms with Crippen molar-refractivity contribution in [2.24, 2.45) is 0 Å². The maximum absolute atomic E-state index is 12.9. The summed E-state index contributed by atoms with van der Waals surface area (Å²) in [5, 5.41) is 29.7. The number of carboxylic acids is 1. The normalized spacial score (nSPS) is 13.6. The van der Waals surface area contributed by atoms with E-state index in [1.54, 1.807) is 20.1 Å². The molecule has 0 saturated carbocycles. The molecule has 1 heterocycles. The highest BCUT2D eigenvalue weighted by molar-refractivity contribution is 5.87. The van der Waals surface area contributed by atoms with E-state index in [-0.39, 0.29) is 6.42 Å². The molecular weight excluding hydrogens is 530 g/mol. The number of rotatable bonds is 16. The number of aliphatic hydroxyl groups excluding tert-OH is 1. The van der Waals surface area contributed by atoms with E-state index >= 15 is 0 Å². The molecule has 0 amide bonds. The Bertz CT molecular complexity index is 1470. The zero-order valence-electron chi connectivity index (χ0n) is 25.2. The first-order chi connectivity index (χ1) is 20.3. The van der Waals surface area contributed by atoms with Crippen LogP contribution in [0.2, 0.25) is 0 Å². The Kier molecular flexibility index (Phi) is 10.7. The predicted octanol–water partition coefficient (Wildman–Crippen LogP) is 6.55. The lowest BCUT2D eigenvalue weighted by molar-refractivity contribution is -0.144. The van der Waals surface area contributed by atoms with Crippen LogP contribution in [0.5, 0.6) is 5.75 Å². The van der Waals surface area contributed by atoms with Crippen LogP contribution in [0.15, 0.2) is 60.7 Å². The Balaban J connectivity index is 1.42. The number of carboxylic acid groups (broad SMARTS) is 1. The molecule has 0 radical (unpaired) electrons. The minimum atomic E-state index is -1.16. The zero-order valence-corrected chi connectivity index (χ0v) is 25.2. The summed E-state index contributed by atoms with van der Waals surface area (Å²) in [7, 11) is 1.56. The molecule has 0 bridgehead atoms. The Morgan fingerprint density at radius 3 is 2.48 bits per heavy atom. The number of aryl methyl sites for hydroxylation is 2. The molecule has 2 unspecified atom stereocenters. The predicted molar refractivity (Wildman–Crippen MR) is 164 cm³/mol. The van der Waals surface area contributed by atoms with E-state index in [9.17, 15) is 15.0 Å². The van der Waals surface area contributed by atoms with Crippen molar-refractivity contribution in [2.75, 3.05) is 13.7 Å². The second kappa shape index (κ2) is 14.4. The summed E-state index contributed by atoms with van der Waals surface area (Å²) < 4.78 is 13.1. The van der Waals surface area contributed by atoms with Crippen molar-refractivity contribution in [3.8, 4) is 5.75 Å². The number of ether oxygens (including phenoxy) is 2. The molecule has 0 fully saturated rings.